The lowest BCUT2D eigenvalue weighted by Gasteiger charge is -2.47. The number of hydrogen-bond acceptors (Lipinski definition) is 3. The van der Waals surface area contributed by atoms with Crippen molar-refractivity contribution in [3.63, 3.8) is 0 Å². The van der Waals surface area contributed by atoms with Gasteiger partial charge in [-0.25, -0.2) is 14.2 Å². The number of fused-ring (bicyclic) bond motifs is 3. The van der Waals surface area contributed by atoms with Gasteiger partial charge in [-0.3, -0.25) is 4.57 Å². The van der Waals surface area contributed by atoms with Gasteiger partial charge in [-0.15, -0.1) is 0 Å². The number of aryl methyl sites for hydroxylation is 1. The topological polar surface area (TPSA) is 59.3 Å². The van der Waals surface area contributed by atoms with Crippen LogP contribution in [0.2, 0.25) is 0 Å². The summed E-state index contributed by atoms with van der Waals surface area (Å²) in [5.74, 6) is 0. The average molecular weight is 328 g/mol. The van der Waals surface area contributed by atoms with Crippen molar-refractivity contribution >= 4 is 17.1 Å². The Kier molecular flexibility index (Phi) is 3.72. The lowest BCUT2D eigenvalue weighted by Crippen LogP contribution is -2.56. The number of carbonyl (C=O) groups is 1. The molecule has 2 aliphatic heterocycles. The SMILES string of the molecule is CN1[C@@H]2CCC[C@H]1C[C@@H](NC(=O)n1c(=O)n(C)c3ccccc31)C2. The molecule has 0 unspecified atom stereocenters. The van der Waals surface area contributed by atoms with Crippen LogP contribution in [0.15, 0.2) is 29.1 Å². The largest absolute Gasteiger partial charge is 0.337 e. The summed E-state index contributed by atoms with van der Waals surface area (Å²) in [6.07, 6.45) is 5.63. The van der Waals surface area contributed by atoms with Crippen molar-refractivity contribution in [2.24, 2.45) is 7.05 Å². The number of rotatable bonds is 1. The van der Waals surface area contributed by atoms with Crippen LogP contribution in [0.25, 0.3) is 11.0 Å². The van der Waals surface area contributed by atoms with Gasteiger partial charge in [-0.2, -0.15) is 0 Å². The van der Waals surface area contributed by atoms with E-state index in [9.17, 15) is 9.59 Å². The van der Waals surface area contributed by atoms with E-state index in [1.165, 1.54) is 28.4 Å². The van der Waals surface area contributed by atoms with Crippen molar-refractivity contribution in [2.45, 2.75) is 50.2 Å². The Balaban J connectivity index is 1.60. The normalized spacial score (nSPS) is 27.3. The van der Waals surface area contributed by atoms with Gasteiger partial charge in [-0.1, -0.05) is 18.6 Å². The molecule has 1 aromatic heterocycles. The molecule has 0 saturated carbocycles. The molecule has 2 aliphatic rings. The molecular formula is C18H24N4O2. The molecule has 3 heterocycles. The molecule has 24 heavy (non-hydrogen) atoms. The van der Waals surface area contributed by atoms with Crippen LogP contribution in [0.1, 0.15) is 32.1 Å². The molecule has 2 bridgehead atoms. The van der Waals surface area contributed by atoms with Gasteiger partial charge >= 0.3 is 11.7 Å². The molecule has 6 heteroatoms. The van der Waals surface area contributed by atoms with Crippen LogP contribution in [0, 0.1) is 0 Å². The summed E-state index contributed by atoms with van der Waals surface area (Å²) >= 11 is 0. The fourth-order valence-electron chi connectivity index (χ4n) is 4.46. The van der Waals surface area contributed by atoms with E-state index in [1.807, 2.05) is 24.3 Å². The van der Waals surface area contributed by atoms with Crippen LogP contribution in [0.5, 0.6) is 0 Å². The van der Waals surface area contributed by atoms with Gasteiger partial charge in [0, 0.05) is 25.2 Å². The minimum Gasteiger partial charge on any atom is -0.334 e. The number of hydrogen-bond donors (Lipinski definition) is 1. The van der Waals surface area contributed by atoms with E-state index < -0.39 is 0 Å². The quantitative estimate of drug-likeness (QED) is 0.870. The van der Waals surface area contributed by atoms with E-state index >= 15 is 0 Å². The van der Waals surface area contributed by atoms with Crippen LogP contribution in [-0.4, -0.2) is 45.2 Å². The molecular weight excluding hydrogens is 304 g/mol. The lowest BCUT2D eigenvalue weighted by molar-refractivity contribution is 0.0509. The summed E-state index contributed by atoms with van der Waals surface area (Å²) in [5, 5.41) is 3.11. The Bertz CT molecular complexity index is 823. The molecule has 0 aliphatic carbocycles. The van der Waals surface area contributed by atoms with Gasteiger partial charge in [0.25, 0.3) is 0 Å². The highest BCUT2D eigenvalue weighted by atomic mass is 16.2. The molecule has 4 rings (SSSR count). The number of piperidine rings is 2. The van der Waals surface area contributed by atoms with Crippen LogP contribution < -0.4 is 11.0 Å². The number of nitrogens with one attached hydrogen (secondary N) is 1. The second-order valence-corrected chi connectivity index (χ2v) is 7.19. The number of amides is 1. The Labute approximate surface area is 141 Å². The van der Waals surface area contributed by atoms with E-state index in [0.29, 0.717) is 17.6 Å². The Morgan fingerprint density at radius 3 is 2.38 bits per heavy atom. The number of nitrogens with zero attached hydrogens (tertiary/aromatic N) is 3. The van der Waals surface area contributed by atoms with E-state index in [4.69, 9.17) is 0 Å². The highest BCUT2D eigenvalue weighted by Gasteiger charge is 2.36. The monoisotopic (exact) mass is 328 g/mol. The first-order valence-electron chi connectivity index (χ1n) is 8.75. The summed E-state index contributed by atoms with van der Waals surface area (Å²) in [6.45, 7) is 0. The van der Waals surface area contributed by atoms with Gasteiger partial charge < -0.3 is 10.2 Å². The van der Waals surface area contributed by atoms with Crippen molar-refractivity contribution in [1.29, 1.82) is 0 Å². The number of carbonyl (C=O) groups excluding carboxylic acids is 1. The van der Waals surface area contributed by atoms with Crippen LogP contribution in [0.3, 0.4) is 0 Å². The minimum atomic E-state index is -0.301. The Hall–Kier alpha value is -2.08. The van der Waals surface area contributed by atoms with Gasteiger partial charge in [-0.05, 0) is 44.9 Å². The number of imidazole rings is 1. The summed E-state index contributed by atoms with van der Waals surface area (Å²) in [4.78, 5) is 27.7. The number of para-hydroxylation sites is 2. The fraction of sp³-hybridized carbons (Fsp3) is 0.556. The molecule has 128 valence electrons. The molecule has 1 amide bonds. The summed E-state index contributed by atoms with van der Waals surface area (Å²) in [6, 6.07) is 8.35. The smallest absolute Gasteiger partial charge is 0.334 e. The second kappa shape index (κ2) is 5.77. The van der Waals surface area contributed by atoms with Crippen molar-refractivity contribution in [2.75, 3.05) is 7.05 Å². The lowest BCUT2D eigenvalue weighted by atomic mass is 9.82. The van der Waals surface area contributed by atoms with Crippen molar-refractivity contribution in [1.82, 2.24) is 19.4 Å². The predicted molar refractivity (Wildman–Crippen MR) is 93.3 cm³/mol. The summed E-state index contributed by atoms with van der Waals surface area (Å²) in [5.41, 5.74) is 1.15. The van der Waals surface area contributed by atoms with Gasteiger partial charge in [0.05, 0.1) is 11.0 Å². The molecule has 0 radical (unpaired) electrons. The number of benzene rings is 1. The van der Waals surface area contributed by atoms with Crippen LogP contribution in [-0.2, 0) is 7.05 Å². The zero-order valence-corrected chi connectivity index (χ0v) is 14.2. The highest BCUT2D eigenvalue weighted by molar-refractivity contribution is 5.89. The van der Waals surface area contributed by atoms with E-state index in [-0.39, 0.29) is 17.8 Å². The standard InChI is InChI=1S/C18H24N4O2/c1-20-13-6-5-7-14(20)11-12(10-13)19-17(23)22-16-9-4-3-8-15(16)21(2)18(22)24/h3-4,8-9,12-14H,5-7,10-11H2,1-2H3,(H,19,23)/t12-,13+,14-. The maximum Gasteiger partial charge on any atom is 0.337 e. The predicted octanol–water partition coefficient (Wildman–Crippen LogP) is 1.91. The molecule has 1 aromatic carbocycles. The molecule has 1 N–H and O–H groups in total. The van der Waals surface area contributed by atoms with Gasteiger partial charge in [0.2, 0.25) is 0 Å². The van der Waals surface area contributed by atoms with E-state index in [0.717, 1.165) is 18.4 Å². The van der Waals surface area contributed by atoms with E-state index in [2.05, 4.69) is 17.3 Å². The summed E-state index contributed by atoms with van der Waals surface area (Å²) < 4.78 is 2.79. The van der Waals surface area contributed by atoms with Gasteiger partial charge in [0.15, 0.2) is 0 Å². The van der Waals surface area contributed by atoms with E-state index in [1.54, 1.807) is 7.05 Å². The third kappa shape index (κ3) is 2.36. The zero-order valence-electron chi connectivity index (χ0n) is 14.2. The molecule has 2 aromatic rings. The summed E-state index contributed by atoms with van der Waals surface area (Å²) in [7, 11) is 3.90. The average Bonchev–Trinajstić information content (AvgIpc) is 2.80. The second-order valence-electron chi connectivity index (χ2n) is 7.19. The Morgan fingerprint density at radius 2 is 1.71 bits per heavy atom. The third-order valence-corrected chi connectivity index (χ3v) is 5.83. The maximum absolute atomic E-state index is 12.8. The maximum atomic E-state index is 12.8. The van der Waals surface area contributed by atoms with Crippen molar-refractivity contribution < 1.29 is 4.79 Å². The molecule has 2 fully saturated rings. The first-order valence-corrected chi connectivity index (χ1v) is 8.75. The first-order chi connectivity index (χ1) is 11.6. The number of aromatic nitrogens is 2. The molecule has 3 atom stereocenters. The van der Waals surface area contributed by atoms with Crippen LogP contribution >= 0.6 is 0 Å². The Morgan fingerprint density at radius 1 is 1.08 bits per heavy atom. The highest BCUT2D eigenvalue weighted by Crippen LogP contribution is 2.32. The molecule has 0 spiro atoms. The molecule has 6 nitrogen and oxygen atoms in total. The van der Waals surface area contributed by atoms with Crippen molar-refractivity contribution in [3.8, 4) is 0 Å². The molecule has 2 saturated heterocycles. The minimum absolute atomic E-state index is 0.148. The van der Waals surface area contributed by atoms with Gasteiger partial charge in [0.1, 0.15) is 0 Å². The third-order valence-electron chi connectivity index (χ3n) is 5.83. The van der Waals surface area contributed by atoms with Crippen LogP contribution in [0.4, 0.5) is 4.79 Å². The fourth-order valence-corrected chi connectivity index (χ4v) is 4.46. The van der Waals surface area contributed by atoms with Crippen molar-refractivity contribution in [3.05, 3.63) is 34.7 Å². The first kappa shape index (κ1) is 15.4. The zero-order chi connectivity index (χ0) is 16.8.